The molecule has 0 aliphatic carbocycles. The second-order valence-electron chi connectivity index (χ2n) is 6.54. The first-order valence-electron chi connectivity index (χ1n) is 9.21. The van der Waals surface area contributed by atoms with E-state index in [0.29, 0.717) is 19.0 Å². The van der Waals surface area contributed by atoms with Gasteiger partial charge in [0.05, 0.1) is 0 Å². The zero-order chi connectivity index (χ0) is 19.9. The van der Waals surface area contributed by atoms with Gasteiger partial charge in [-0.2, -0.15) is 0 Å². The highest BCUT2D eigenvalue weighted by Gasteiger charge is 2.04. The number of imidazole rings is 1. The van der Waals surface area contributed by atoms with Gasteiger partial charge in [0.1, 0.15) is 17.5 Å². The topological polar surface area (TPSA) is 67.1 Å². The highest BCUT2D eigenvalue weighted by Crippen LogP contribution is 2.10. The molecule has 1 aromatic carbocycles. The van der Waals surface area contributed by atoms with Crippen molar-refractivity contribution in [2.45, 2.75) is 26.8 Å². The maximum Gasteiger partial charge on any atom is 0.191 e. The summed E-state index contributed by atoms with van der Waals surface area (Å²) in [5, 5.41) is 6.56. The minimum Gasteiger partial charge on any atom is -0.356 e. The molecule has 29 heavy (non-hydrogen) atoms. The monoisotopic (exact) mass is 508 g/mol. The molecule has 0 unspecified atom stereocenters. The maximum absolute atomic E-state index is 13.2. The summed E-state index contributed by atoms with van der Waals surface area (Å²) in [4.78, 5) is 13.0. The highest BCUT2D eigenvalue weighted by molar-refractivity contribution is 14.0. The number of rotatable bonds is 6. The summed E-state index contributed by atoms with van der Waals surface area (Å²) < 4.78 is 15.1. The van der Waals surface area contributed by atoms with Crippen molar-refractivity contribution in [3.05, 3.63) is 77.3 Å². The Morgan fingerprint density at radius 1 is 1.14 bits per heavy atom. The Bertz CT molecular complexity index is 952. The minimum atomic E-state index is -0.200. The predicted octanol–water partition coefficient (Wildman–Crippen LogP) is 3.55. The minimum absolute atomic E-state index is 0. The van der Waals surface area contributed by atoms with E-state index in [2.05, 4.69) is 25.6 Å². The fourth-order valence-electron chi connectivity index (χ4n) is 2.95. The summed E-state index contributed by atoms with van der Waals surface area (Å²) in [6, 6.07) is 8.89. The van der Waals surface area contributed by atoms with Gasteiger partial charge in [0.15, 0.2) is 5.96 Å². The average Bonchev–Trinajstić information content (AvgIpc) is 3.12. The first-order chi connectivity index (χ1) is 13.6. The summed E-state index contributed by atoms with van der Waals surface area (Å²) in [5.41, 5.74) is 3.14. The summed E-state index contributed by atoms with van der Waals surface area (Å²) in [7, 11) is 1.74. The first kappa shape index (κ1) is 22.8. The van der Waals surface area contributed by atoms with Crippen molar-refractivity contribution in [3.63, 3.8) is 0 Å². The number of guanidine groups is 1. The summed E-state index contributed by atoms with van der Waals surface area (Å²) in [5.74, 6) is 2.26. The molecule has 0 spiro atoms. The summed E-state index contributed by atoms with van der Waals surface area (Å²) in [6.07, 6.45) is 6.30. The number of nitrogens with zero attached hydrogens (tertiary/aromatic N) is 4. The number of hydrogen-bond acceptors (Lipinski definition) is 3. The van der Waals surface area contributed by atoms with Gasteiger partial charge in [-0.1, -0.05) is 12.1 Å². The van der Waals surface area contributed by atoms with E-state index in [1.54, 1.807) is 19.3 Å². The Morgan fingerprint density at radius 3 is 2.59 bits per heavy atom. The molecule has 2 aromatic heterocycles. The second-order valence-corrected chi connectivity index (χ2v) is 6.54. The van der Waals surface area contributed by atoms with Crippen LogP contribution in [0.15, 0.2) is 53.9 Å². The highest BCUT2D eigenvalue weighted by atomic mass is 127. The van der Waals surface area contributed by atoms with Gasteiger partial charge in [0, 0.05) is 38.7 Å². The fourth-order valence-corrected chi connectivity index (χ4v) is 2.95. The lowest BCUT2D eigenvalue weighted by Crippen LogP contribution is -2.37. The first-order valence-corrected chi connectivity index (χ1v) is 9.21. The van der Waals surface area contributed by atoms with Crippen molar-refractivity contribution in [2.24, 2.45) is 4.99 Å². The van der Waals surface area contributed by atoms with Crippen LogP contribution in [0, 0.1) is 19.7 Å². The molecule has 0 saturated carbocycles. The van der Waals surface area contributed by atoms with E-state index in [4.69, 9.17) is 0 Å². The van der Waals surface area contributed by atoms with Gasteiger partial charge in [0.25, 0.3) is 0 Å². The van der Waals surface area contributed by atoms with Crippen molar-refractivity contribution in [2.75, 3.05) is 13.6 Å². The van der Waals surface area contributed by atoms with E-state index in [9.17, 15) is 4.39 Å². The molecule has 0 amide bonds. The quantitative estimate of drug-likeness (QED) is 0.304. The molecule has 2 N–H and O–H groups in total. The average molecular weight is 508 g/mol. The Kier molecular flexibility index (Phi) is 8.56. The van der Waals surface area contributed by atoms with Gasteiger partial charge in [-0.3, -0.25) is 9.56 Å². The van der Waals surface area contributed by atoms with Crippen LogP contribution in [-0.4, -0.2) is 34.1 Å². The number of nitrogens with one attached hydrogen (secondary N) is 2. The van der Waals surface area contributed by atoms with Crippen LogP contribution >= 0.6 is 24.0 Å². The van der Waals surface area contributed by atoms with Gasteiger partial charge in [0.2, 0.25) is 0 Å². The maximum atomic E-state index is 13.2. The summed E-state index contributed by atoms with van der Waals surface area (Å²) >= 11 is 0. The van der Waals surface area contributed by atoms with Crippen LogP contribution in [0.4, 0.5) is 4.39 Å². The van der Waals surface area contributed by atoms with E-state index >= 15 is 0 Å². The third kappa shape index (κ3) is 6.25. The molecule has 0 saturated heterocycles. The van der Waals surface area contributed by atoms with E-state index in [1.165, 1.54) is 6.07 Å². The van der Waals surface area contributed by atoms with E-state index in [-0.39, 0.29) is 29.8 Å². The lowest BCUT2D eigenvalue weighted by Gasteiger charge is -2.13. The number of pyridine rings is 1. The number of benzene rings is 1. The Labute approximate surface area is 187 Å². The molecule has 0 bridgehead atoms. The molecule has 0 radical (unpaired) electrons. The van der Waals surface area contributed by atoms with Crippen molar-refractivity contribution < 1.29 is 4.39 Å². The number of halogens is 2. The molecule has 154 valence electrons. The molecule has 2 heterocycles. The Hall–Kier alpha value is -2.49. The van der Waals surface area contributed by atoms with Gasteiger partial charge >= 0.3 is 0 Å². The van der Waals surface area contributed by atoms with E-state index in [0.717, 1.165) is 34.8 Å². The second kappa shape index (κ2) is 10.9. The molecule has 0 fully saturated rings. The lowest BCUT2D eigenvalue weighted by molar-refractivity contribution is 0.625. The SMILES string of the molecule is CN=C(NCCc1ccc(F)cc1C)NCc1ccc(-n2ccnc2C)nc1.I. The summed E-state index contributed by atoms with van der Waals surface area (Å²) in [6.45, 7) is 5.20. The van der Waals surface area contributed by atoms with Crippen molar-refractivity contribution in [3.8, 4) is 5.82 Å². The van der Waals surface area contributed by atoms with Crippen LogP contribution in [0.25, 0.3) is 5.82 Å². The molecule has 0 aliphatic rings. The van der Waals surface area contributed by atoms with Crippen LogP contribution in [0.5, 0.6) is 0 Å². The third-order valence-electron chi connectivity index (χ3n) is 4.56. The molecule has 0 atom stereocenters. The van der Waals surface area contributed by atoms with Crippen molar-refractivity contribution >= 4 is 29.9 Å². The van der Waals surface area contributed by atoms with Gasteiger partial charge in [-0.15, -0.1) is 24.0 Å². The number of aliphatic imine (C=N–C) groups is 1. The van der Waals surface area contributed by atoms with Crippen LogP contribution in [-0.2, 0) is 13.0 Å². The zero-order valence-corrected chi connectivity index (χ0v) is 19.1. The molecule has 3 aromatic rings. The predicted molar refractivity (Wildman–Crippen MR) is 125 cm³/mol. The smallest absolute Gasteiger partial charge is 0.191 e. The van der Waals surface area contributed by atoms with Crippen LogP contribution in [0.3, 0.4) is 0 Å². The van der Waals surface area contributed by atoms with Crippen molar-refractivity contribution in [1.29, 1.82) is 0 Å². The zero-order valence-electron chi connectivity index (χ0n) is 16.8. The largest absolute Gasteiger partial charge is 0.356 e. The van der Waals surface area contributed by atoms with Gasteiger partial charge in [-0.05, 0) is 55.2 Å². The fraction of sp³-hybridized carbons (Fsp3) is 0.286. The molecule has 0 aliphatic heterocycles. The lowest BCUT2D eigenvalue weighted by atomic mass is 10.1. The number of aryl methyl sites for hydroxylation is 2. The van der Waals surface area contributed by atoms with Crippen LogP contribution < -0.4 is 10.6 Å². The number of hydrogen-bond donors (Lipinski definition) is 2. The van der Waals surface area contributed by atoms with Gasteiger partial charge < -0.3 is 10.6 Å². The molecular formula is C21H26FIN6. The van der Waals surface area contributed by atoms with E-state index < -0.39 is 0 Å². The van der Waals surface area contributed by atoms with Gasteiger partial charge in [-0.25, -0.2) is 14.4 Å². The van der Waals surface area contributed by atoms with Crippen LogP contribution in [0.2, 0.25) is 0 Å². The standard InChI is InChI=1S/C21H25FN6.HI/c1-15-12-19(22)6-5-18(15)8-9-25-21(23-3)27-14-17-4-7-20(26-13-17)28-11-10-24-16(28)2;/h4-7,10-13H,8-9,14H2,1-3H3,(H2,23,25,27);1H. The molecule has 3 rings (SSSR count). The molecular weight excluding hydrogens is 482 g/mol. The third-order valence-corrected chi connectivity index (χ3v) is 4.56. The molecule has 8 heteroatoms. The molecule has 6 nitrogen and oxygen atoms in total. The number of aromatic nitrogens is 3. The van der Waals surface area contributed by atoms with Crippen LogP contribution in [0.1, 0.15) is 22.5 Å². The normalized spacial score (nSPS) is 11.1. The van der Waals surface area contributed by atoms with Crippen molar-refractivity contribution in [1.82, 2.24) is 25.2 Å². The Morgan fingerprint density at radius 2 is 1.97 bits per heavy atom. The van der Waals surface area contributed by atoms with E-state index in [1.807, 2.05) is 49.0 Å². The Balaban J connectivity index is 0.00000300.